The molecule has 1 aromatic heterocycles. The zero-order valence-corrected chi connectivity index (χ0v) is 9.70. The van der Waals surface area contributed by atoms with Crippen molar-refractivity contribution in [1.29, 1.82) is 0 Å². The lowest BCUT2D eigenvalue weighted by Gasteiger charge is -2.22. The molecular weight excluding hydrogens is 202 g/mol. The molecule has 1 atom stereocenters. The average Bonchev–Trinajstić information content (AvgIpc) is 2.32. The van der Waals surface area contributed by atoms with Crippen molar-refractivity contribution in [1.82, 2.24) is 4.98 Å². The van der Waals surface area contributed by atoms with E-state index in [0.29, 0.717) is 5.92 Å². The first-order valence-electron chi connectivity index (χ1n) is 5.80. The molecular formula is C12H19N3O. The second kappa shape index (κ2) is 5.16. The van der Waals surface area contributed by atoms with Crippen molar-refractivity contribution in [3.63, 3.8) is 0 Å². The van der Waals surface area contributed by atoms with Crippen molar-refractivity contribution < 1.29 is 4.74 Å². The number of hydrogen-bond donors (Lipinski definition) is 2. The second-order valence-corrected chi connectivity index (χ2v) is 4.35. The van der Waals surface area contributed by atoms with Crippen molar-refractivity contribution in [3.05, 3.63) is 17.8 Å². The van der Waals surface area contributed by atoms with Crippen LogP contribution in [0, 0.1) is 12.8 Å². The van der Waals surface area contributed by atoms with Crippen LogP contribution in [-0.2, 0) is 4.74 Å². The molecule has 0 aromatic carbocycles. The lowest BCUT2D eigenvalue weighted by Crippen LogP contribution is -2.24. The minimum Gasteiger partial charge on any atom is -0.396 e. The van der Waals surface area contributed by atoms with Crippen molar-refractivity contribution in [2.24, 2.45) is 5.92 Å². The summed E-state index contributed by atoms with van der Waals surface area (Å²) in [7, 11) is 0. The Kier molecular flexibility index (Phi) is 3.62. The van der Waals surface area contributed by atoms with Gasteiger partial charge in [-0.15, -0.1) is 0 Å². The molecule has 1 aliphatic rings. The molecule has 1 saturated heterocycles. The van der Waals surface area contributed by atoms with E-state index in [9.17, 15) is 0 Å². The Labute approximate surface area is 96.2 Å². The Balaban J connectivity index is 1.91. The lowest BCUT2D eigenvalue weighted by molar-refractivity contribution is 0.0595. The quantitative estimate of drug-likeness (QED) is 0.817. The van der Waals surface area contributed by atoms with Crippen LogP contribution in [0.2, 0.25) is 0 Å². The molecule has 0 saturated carbocycles. The first kappa shape index (κ1) is 11.2. The Morgan fingerprint density at radius 2 is 2.50 bits per heavy atom. The molecule has 2 heterocycles. The van der Waals surface area contributed by atoms with Crippen molar-refractivity contribution >= 4 is 11.5 Å². The molecule has 0 spiro atoms. The number of nitrogens with one attached hydrogen (secondary N) is 1. The van der Waals surface area contributed by atoms with Gasteiger partial charge in [-0.2, -0.15) is 0 Å². The van der Waals surface area contributed by atoms with E-state index < -0.39 is 0 Å². The maximum atomic E-state index is 5.94. The number of aromatic nitrogens is 1. The van der Waals surface area contributed by atoms with Gasteiger partial charge < -0.3 is 15.8 Å². The van der Waals surface area contributed by atoms with Crippen LogP contribution in [0.5, 0.6) is 0 Å². The van der Waals surface area contributed by atoms with E-state index in [2.05, 4.69) is 10.3 Å². The van der Waals surface area contributed by atoms with Gasteiger partial charge in [0.1, 0.15) is 5.82 Å². The second-order valence-electron chi connectivity index (χ2n) is 4.35. The normalized spacial score (nSPS) is 20.7. The molecule has 0 bridgehead atoms. The molecule has 0 radical (unpaired) electrons. The first-order chi connectivity index (χ1) is 7.77. The Bertz CT molecular complexity index is 348. The number of nitrogen functional groups attached to an aromatic ring is 1. The van der Waals surface area contributed by atoms with E-state index >= 15 is 0 Å². The van der Waals surface area contributed by atoms with E-state index in [0.717, 1.165) is 43.2 Å². The van der Waals surface area contributed by atoms with Gasteiger partial charge in [-0.05, 0) is 37.3 Å². The summed E-state index contributed by atoms with van der Waals surface area (Å²) in [6.45, 7) is 4.63. The number of hydrogen-bond acceptors (Lipinski definition) is 4. The molecule has 4 heteroatoms. The fraction of sp³-hybridized carbons (Fsp3) is 0.583. The van der Waals surface area contributed by atoms with E-state index in [4.69, 9.17) is 10.5 Å². The topological polar surface area (TPSA) is 60.2 Å². The summed E-state index contributed by atoms with van der Waals surface area (Å²) in [5.41, 5.74) is 7.76. The number of ether oxygens (including phenoxy) is 1. The van der Waals surface area contributed by atoms with Crippen LogP contribution >= 0.6 is 0 Å². The highest BCUT2D eigenvalue weighted by atomic mass is 16.5. The summed E-state index contributed by atoms with van der Waals surface area (Å²) in [4.78, 5) is 4.25. The molecule has 1 unspecified atom stereocenters. The zero-order chi connectivity index (χ0) is 11.4. The predicted octanol–water partition coefficient (Wildman–Crippen LogP) is 1.81. The lowest BCUT2D eigenvalue weighted by atomic mass is 10.0. The Hall–Kier alpha value is -1.29. The van der Waals surface area contributed by atoms with Crippen molar-refractivity contribution in [2.75, 3.05) is 30.8 Å². The van der Waals surface area contributed by atoms with Crippen molar-refractivity contribution in [2.45, 2.75) is 19.8 Å². The Morgan fingerprint density at radius 1 is 1.62 bits per heavy atom. The predicted molar refractivity (Wildman–Crippen MR) is 65.4 cm³/mol. The van der Waals surface area contributed by atoms with Gasteiger partial charge in [0.2, 0.25) is 0 Å². The van der Waals surface area contributed by atoms with Gasteiger partial charge in [0.25, 0.3) is 0 Å². The smallest absolute Gasteiger partial charge is 0.149 e. The van der Waals surface area contributed by atoms with Crippen LogP contribution in [0.4, 0.5) is 11.5 Å². The summed E-state index contributed by atoms with van der Waals surface area (Å²) in [6.07, 6.45) is 4.16. The molecule has 1 aromatic rings. The van der Waals surface area contributed by atoms with E-state index in [1.807, 2.05) is 13.0 Å². The number of nitrogens with zero attached hydrogens (tertiary/aromatic N) is 1. The summed E-state index contributed by atoms with van der Waals surface area (Å²) < 4.78 is 5.43. The molecule has 3 N–H and O–H groups in total. The zero-order valence-electron chi connectivity index (χ0n) is 9.70. The average molecular weight is 221 g/mol. The van der Waals surface area contributed by atoms with Crippen LogP contribution in [0.15, 0.2) is 12.3 Å². The number of anilines is 2. The highest BCUT2D eigenvalue weighted by Gasteiger charge is 2.14. The standard InChI is InChI=1S/C12H19N3O/c1-9-4-5-14-12(11(9)13)15-7-10-3-2-6-16-8-10/h4-5,10H,2-3,6-8,13H2,1H3,(H,14,15). The highest BCUT2D eigenvalue weighted by molar-refractivity contribution is 5.64. The van der Waals surface area contributed by atoms with Crippen LogP contribution in [-0.4, -0.2) is 24.7 Å². The number of nitrogens with two attached hydrogens (primary N) is 1. The number of pyridine rings is 1. The van der Waals surface area contributed by atoms with E-state index in [1.54, 1.807) is 6.20 Å². The van der Waals surface area contributed by atoms with E-state index in [1.165, 1.54) is 6.42 Å². The van der Waals surface area contributed by atoms with Gasteiger partial charge in [0.05, 0.1) is 12.3 Å². The molecule has 16 heavy (non-hydrogen) atoms. The summed E-state index contributed by atoms with van der Waals surface area (Å²) in [5, 5.41) is 3.31. The van der Waals surface area contributed by atoms with Crippen LogP contribution in [0.1, 0.15) is 18.4 Å². The fourth-order valence-electron chi connectivity index (χ4n) is 1.92. The molecule has 0 amide bonds. The molecule has 1 fully saturated rings. The number of aryl methyl sites for hydroxylation is 1. The van der Waals surface area contributed by atoms with Gasteiger partial charge in [-0.1, -0.05) is 0 Å². The first-order valence-corrected chi connectivity index (χ1v) is 5.80. The van der Waals surface area contributed by atoms with E-state index in [-0.39, 0.29) is 0 Å². The third-order valence-corrected chi connectivity index (χ3v) is 3.02. The van der Waals surface area contributed by atoms with Gasteiger partial charge in [-0.3, -0.25) is 0 Å². The third-order valence-electron chi connectivity index (χ3n) is 3.02. The van der Waals surface area contributed by atoms with Crippen LogP contribution in [0.25, 0.3) is 0 Å². The van der Waals surface area contributed by atoms with Gasteiger partial charge >= 0.3 is 0 Å². The largest absolute Gasteiger partial charge is 0.396 e. The van der Waals surface area contributed by atoms with Gasteiger partial charge in [0, 0.05) is 19.3 Å². The maximum Gasteiger partial charge on any atom is 0.149 e. The SMILES string of the molecule is Cc1ccnc(NCC2CCCOC2)c1N. The summed E-state index contributed by atoms with van der Waals surface area (Å²) in [5.74, 6) is 1.38. The van der Waals surface area contributed by atoms with Gasteiger partial charge in [-0.25, -0.2) is 4.98 Å². The highest BCUT2D eigenvalue weighted by Crippen LogP contribution is 2.20. The molecule has 88 valence electrons. The molecule has 0 aliphatic carbocycles. The van der Waals surface area contributed by atoms with Crippen LogP contribution in [0.3, 0.4) is 0 Å². The molecule has 2 rings (SSSR count). The van der Waals surface area contributed by atoms with Gasteiger partial charge in [0.15, 0.2) is 0 Å². The Morgan fingerprint density at radius 3 is 3.25 bits per heavy atom. The summed E-state index contributed by atoms with van der Waals surface area (Å²) >= 11 is 0. The van der Waals surface area contributed by atoms with Crippen LogP contribution < -0.4 is 11.1 Å². The fourth-order valence-corrected chi connectivity index (χ4v) is 1.92. The minimum atomic E-state index is 0.579. The third kappa shape index (κ3) is 2.64. The number of rotatable bonds is 3. The van der Waals surface area contributed by atoms with Crippen molar-refractivity contribution in [3.8, 4) is 0 Å². The molecule has 1 aliphatic heterocycles. The maximum absolute atomic E-state index is 5.94. The monoisotopic (exact) mass is 221 g/mol. The summed E-state index contributed by atoms with van der Waals surface area (Å²) in [6, 6.07) is 1.92. The molecule has 4 nitrogen and oxygen atoms in total. The minimum absolute atomic E-state index is 0.579.